The van der Waals surface area contributed by atoms with Gasteiger partial charge in [-0.15, -0.1) is 0 Å². The number of para-hydroxylation sites is 2. The Morgan fingerprint density at radius 1 is 1.26 bits per heavy atom. The molecule has 1 aromatic carbocycles. The van der Waals surface area contributed by atoms with Crippen molar-refractivity contribution in [3.8, 4) is 0 Å². The third-order valence-corrected chi connectivity index (χ3v) is 4.14. The highest BCUT2D eigenvalue weighted by Crippen LogP contribution is 2.24. The average molecular weight is 309 g/mol. The van der Waals surface area contributed by atoms with Crippen LogP contribution in [0.2, 0.25) is 0 Å². The number of hydrogen-bond acceptors (Lipinski definition) is 5. The summed E-state index contributed by atoms with van der Waals surface area (Å²) in [5, 5.41) is 3.35. The van der Waals surface area contributed by atoms with Crippen molar-refractivity contribution in [1.29, 1.82) is 0 Å². The topological polar surface area (TPSA) is 75.7 Å². The summed E-state index contributed by atoms with van der Waals surface area (Å²) in [6.45, 7) is 2.36. The summed E-state index contributed by atoms with van der Waals surface area (Å²) in [5.74, 6) is 2.24. The highest BCUT2D eigenvalue weighted by Gasteiger charge is 2.19. The van der Waals surface area contributed by atoms with Crippen LogP contribution in [0, 0.1) is 0 Å². The number of imidazole rings is 1. The fraction of sp³-hybridized carbons (Fsp3) is 0.353. The van der Waals surface area contributed by atoms with Gasteiger partial charge in [0.05, 0.1) is 23.3 Å². The number of fused-ring (bicyclic) bond motifs is 1. The van der Waals surface area contributed by atoms with Crippen LogP contribution in [0.5, 0.6) is 0 Å². The van der Waals surface area contributed by atoms with Gasteiger partial charge in [0.15, 0.2) is 0 Å². The zero-order valence-electron chi connectivity index (χ0n) is 12.8. The second-order valence-corrected chi connectivity index (χ2v) is 5.77. The Kier molecular flexibility index (Phi) is 3.90. The first-order valence-electron chi connectivity index (χ1n) is 7.96. The van der Waals surface area contributed by atoms with Crippen LogP contribution in [0.15, 0.2) is 36.7 Å². The van der Waals surface area contributed by atoms with Crippen molar-refractivity contribution in [2.75, 3.05) is 25.1 Å². The molecular weight excluding hydrogens is 290 g/mol. The molecule has 2 N–H and O–H groups in total. The van der Waals surface area contributed by atoms with Gasteiger partial charge in [-0.3, -0.25) is 0 Å². The lowest BCUT2D eigenvalue weighted by Gasteiger charge is -2.09. The largest absolute Gasteiger partial charge is 0.381 e. The van der Waals surface area contributed by atoms with Gasteiger partial charge in [0.1, 0.15) is 18.0 Å². The highest BCUT2D eigenvalue weighted by atomic mass is 16.5. The summed E-state index contributed by atoms with van der Waals surface area (Å²) in [5.41, 5.74) is 3.14. The maximum absolute atomic E-state index is 5.43. The molecule has 0 saturated carbocycles. The smallest absolute Gasteiger partial charge is 0.129 e. The number of nitrogens with zero attached hydrogens (tertiary/aromatic N) is 3. The molecule has 2 aromatic heterocycles. The molecule has 0 spiro atoms. The minimum Gasteiger partial charge on any atom is -0.381 e. The molecule has 6 nitrogen and oxygen atoms in total. The van der Waals surface area contributed by atoms with Gasteiger partial charge in [-0.05, 0) is 18.6 Å². The van der Waals surface area contributed by atoms with Crippen molar-refractivity contribution in [3.05, 3.63) is 48.2 Å². The van der Waals surface area contributed by atoms with E-state index in [2.05, 4.69) is 25.3 Å². The number of anilines is 1. The number of aromatic nitrogens is 4. The van der Waals surface area contributed by atoms with Crippen molar-refractivity contribution in [1.82, 2.24) is 19.9 Å². The van der Waals surface area contributed by atoms with E-state index in [9.17, 15) is 0 Å². The molecule has 1 unspecified atom stereocenters. The van der Waals surface area contributed by atoms with E-state index in [4.69, 9.17) is 4.74 Å². The Hall–Kier alpha value is -2.47. The molecule has 1 fully saturated rings. The minimum absolute atomic E-state index is 0.397. The van der Waals surface area contributed by atoms with Crippen LogP contribution in [0.4, 0.5) is 5.82 Å². The van der Waals surface area contributed by atoms with Gasteiger partial charge >= 0.3 is 0 Å². The standard InChI is InChI=1S/C17H19N5O/c1-2-4-14-13(3-1)21-16(22-14)5-7-18-17-9-15(19-11-20-17)12-6-8-23-10-12/h1-4,9,11-12H,5-8,10H2,(H,21,22)(H,18,19,20). The summed E-state index contributed by atoms with van der Waals surface area (Å²) in [6, 6.07) is 10.1. The zero-order valence-corrected chi connectivity index (χ0v) is 12.8. The van der Waals surface area contributed by atoms with Crippen LogP contribution >= 0.6 is 0 Å². The average Bonchev–Trinajstić information content (AvgIpc) is 3.24. The first kappa shape index (κ1) is 14.1. The van der Waals surface area contributed by atoms with Crippen molar-refractivity contribution in [2.45, 2.75) is 18.8 Å². The Balaban J connectivity index is 1.38. The third kappa shape index (κ3) is 3.17. The van der Waals surface area contributed by atoms with Crippen LogP contribution in [0.1, 0.15) is 23.9 Å². The summed E-state index contributed by atoms with van der Waals surface area (Å²) >= 11 is 0. The lowest BCUT2D eigenvalue weighted by Crippen LogP contribution is -2.09. The van der Waals surface area contributed by atoms with Crippen LogP contribution in [0.25, 0.3) is 11.0 Å². The molecule has 23 heavy (non-hydrogen) atoms. The molecular formula is C17H19N5O. The van der Waals surface area contributed by atoms with E-state index in [1.807, 2.05) is 30.3 Å². The van der Waals surface area contributed by atoms with Crippen molar-refractivity contribution in [2.24, 2.45) is 0 Å². The predicted octanol–water partition coefficient (Wildman–Crippen LogP) is 2.51. The lowest BCUT2D eigenvalue weighted by atomic mass is 10.1. The van der Waals surface area contributed by atoms with E-state index < -0.39 is 0 Å². The third-order valence-electron chi connectivity index (χ3n) is 4.14. The Bertz CT molecular complexity index is 761. The molecule has 0 radical (unpaired) electrons. The van der Waals surface area contributed by atoms with Gasteiger partial charge in [-0.2, -0.15) is 0 Å². The molecule has 6 heteroatoms. The number of rotatable bonds is 5. The molecule has 1 aliphatic rings. The number of H-pyrrole nitrogens is 1. The van der Waals surface area contributed by atoms with Gasteiger partial charge in [0, 0.05) is 31.6 Å². The molecule has 1 aliphatic heterocycles. The number of benzene rings is 1. The van der Waals surface area contributed by atoms with E-state index in [0.29, 0.717) is 5.92 Å². The Morgan fingerprint density at radius 2 is 2.22 bits per heavy atom. The van der Waals surface area contributed by atoms with Crippen molar-refractivity contribution < 1.29 is 4.74 Å². The second kappa shape index (κ2) is 6.34. The fourth-order valence-electron chi connectivity index (χ4n) is 2.89. The van der Waals surface area contributed by atoms with E-state index in [0.717, 1.165) is 61.0 Å². The van der Waals surface area contributed by atoms with Crippen LogP contribution in [0.3, 0.4) is 0 Å². The number of aromatic amines is 1. The molecule has 0 amide bonds. The maximum atomic E-state index is 5.43. The van der Waals surface area contributed by atoms with Gasteiger partial charge in [0.25, 0.3) is 0 Å². The molecule has 118 valence electrons. The van der Waals surface area contributed by atoms with Crippen molar-refractivity contribution >= 4 is 16.9 Å². The predicted molar refractivity (Wildman–Crippen MR) is 88.5 cm³/mol. The van der Waals surface area contributed by atoms with Gasteiger partial charge in [-0.25, -0.2) is 15.0 Å². The lowest BCUT2D eigenvalue weighted by molar-refractivity contribution is 0.193. The Labute approximate surface area is 134 Å². The molecule has 0 bridgehead atoms. The van der Waals surface area contributed by atoms with Crippen LogP contribution < -0.4 is 5.32 Å². The normalized spacial score (nSPS) is 17.7. The first-order valence-corrected chi connectivity index (χ1v) is 7.96. The van der Waals surface area contributed by atoms with Gasteiger partial charge in [0.2, 0.25) is 0 Å². The number of ether oxygens (including phenoxy) is 1. The summed E-state index contributed by atoms with van der Waals surface area (Å²) in [4.78, 5) is 16.6. The molecule has 4 rings (SSSR count). The van der Waals surface area contributed by atoms with E-state index in [-0.39, 0.29) is 0 Å². The first-order chi connectivity index (χ1) is 11.4. The van der Waals surface area contributed by atoms with Crippen LogP contribution in [-0.2, 0) is 11.2 Å². The maximum Gasteiger partial charge on any atom is 0.129 e. The molecule has 3 heterocycles. The van der Waals surface area contributed by atoms with Crippen LogP contribution in [-0.4, -0.2) is 39.7 Å². The quantitative estimate of drug-likeness (QED) is 0.757. The molecule has 1 atom stereocenters. The number of hydrogen-bond donors (Lipinski definition) is 2. The van der Waals surface area contributed by atoms with E-state index >= 15 is 0 Å². The number of nitrogens with one attached hydrogen (secondary N) is 2. The Morgan fingerprint density at radius 3 is 3.09 bits per heavy atom. The highest BCUT2D eigenvalue weighted by molar-refractivity contribution is 5.74. The minimum atomic E-state index is 0.397. The summed E-state index contributed by atoms with van der Waals surface area (Å²) < 4.78 is 5.43. The van der Waals surface area contributed by atoms with Crippen molar-refractivity contribution in [3.63, 3.8) is 0 Å². The molecule has 3 aromatic rings. The van der Waals surface area contributed by atoms with E-state index in [1.165, 1.54) is 0 Å². The van der Waals surface area contributed by atoms with Gasteiger partial charge < -0.3 is 15.0 Å². The zero-order chi connectivity index (χ0) is 15.5. The van der Waals surface area contributed by atoms with E-state index in [1.54, 1.807) is 6.33 Å². The molecule has 1 saturated heterocycles. The summed E-state index contributed by atoms with van der Waals surface area (Å²) in [6.07, 6.45) is 3.48. The monoisotopic (exact) mass is 309 g/mol. The second-order valence-electron chi connectivity index (χ2n) is 5.77. The summed E-state index contributed by atoms with van der Waals surface area (Å²) in [7, 11) is 0. The molecule has 0 aliphatic carbocycles. The SMILES string of the molecule is c1ccc2[nH]c(CCNc3cc(C4CCOC4)ncn3)nc2c1. The van der Waals surface area contributed by atoms with Gasteiger partial charge in [-0.1, -0.05) is 12.1 Å². The fourth-order valence-corrected chi connectivity index (χ4v) is 2.89.